The first kappa shape index (κ1) is 13.7. The number of nitrogen functional groups attached to an aromatic ring is 1. The molecule has 0 bridgehead atoms. The monoisotopic (exact) mass is 286 g/mol. The van der Waals surface area contributed by atoms with E-state index in [4.69, 9.17) is 10.5 Å². The summed E-state index contributed by atoms with van der Waals surface area (Å²) in [6, 6.07) is 11.7. The molecule has 0 fully saturated rings. The van der Waals surface area contributed by atoms with Gasteiger partial charge in [0.1, 0.15) is 0 Å². The maximum atomic E-state index is 13.6. The fourth-order valence-electron chi connectivity index (χ4n) is 2.89. The molecular formula is C17H19FN2O. The lowest BCUT2D eigenvalue weighted by atomic mass is 9.88. The summed E-state index contributed by atoms with van der Waals surface area (Å²) in [7, 11) is 1.45. The summed E-state index contributed by atoms with van der Waals surface area (Å²) in [6.07, 6.45) is 3.04. The highest BCUT2D eigenvalue weighted by molar-refractivity contribution is 5.69. The van der Waals surface area contributed by atoms with E-state index < -0.39 is 5.82 Å². The normalized spacial score (nSPS) is 17.1. The molecule has 1 aliphatic rings. The standard InChI is InChI=1S/C17H19FN2O/c1-21-17-10-16(15(19)9-14(17)18)20-13-7-6-11-4-2-3-5-12(11)8-13/h2-5,9-10,13,20H,6-8,19H2,1H3. The SMILES string of the molecule is COc1cc(NC2CCc3ccccc3C2)c(N)cc1F. The number of nitrogens with one attached hydrogen (secondary N) is 1. The minimum absolute atomic E-state index is 0.211. The third kappa shape index (κ3) is 2.79. The fraction of sp³-hybridized carbons (Fsp3) is 0.294. The van der Waals surface area contributed by atoms with Gasteiger partial charge in [0.25, 0.3) is 0 Å². The molecule has 3 nitrogen and oxygen atoms in total. The first-order valence-electron chi connectivity index (χ1n) is 7.13. The number of hydrogen-bond acceptors (Lipinski definition) is 3. The first-order valence-corrected chi connectivity index (χ1v) is 7.13. The maximum Gasteiger partial charge on any atom is 0.167 e. The molecule has 0 saturated heterocycles. The number of aryl methyl sites for hydroxylation is 1. The Balaban J connectivity index is 1.79. The Hall–Kier alpha value is -2.23. The number of benzene rings is 2. The molecule has 1 unspecified atom stereocenters. The Morgan fingerprint density at radius 3 is 2.76 bits per heavy atom. The maximum absolute atomic E-state index is 13.6. The summed E-state index contributed by atoms with van der Waals surface area (Å²) >= 11 is 0. The van der Waals surface area contributed by atoms with Gasteiger partial charge in [-0.3, -0.25) is 0 Å². The van der Waals surface area contributed by atoms with E-state index in [1.807, 2.05) is 0 Å². The number of rotatable bonds is 3. The molecule has 0 radical (unpaired) electrons. The molecule has 0 aromatic heterocycles. The fourth-order valence-corrected chi connectivity index (χ4v) is 2.89. The highest BCUT2D eigenvalue weighted by Crippen LogP contribution is 2.30. The third-order valence-electron chi connectivity index (χ3n) is 4.03. The van der Waals surface area contributed by atoms with Crippen LogP contribution in [0.25, 0.3) is 0 Å². The van der Waals surface area contributed by atoms with E-state index in [9.17, 15) is 4.39 Å². The van der Waals surface area contributed by atoms with Crippen molar-refractivity contribution in [2.75, 3.05) is 18.2 Å². The van der Waals surface area contributed by atoms with E-state index >= 15 is 0 Å². The second-order valence-electron chi connectivity index (χ2n) is 5.43. The van der Waals surface area contributed by atoms with Gasteiger partial charge in [-0.2, -0.15) is 0 Å². The van der Waals surface area contributed by atoms with Gasteiger partial charge in [-0.15, -0.1) is 0 Å². The Morgan fingerprint density at radius 2 is 2.00 bits per heavy atom. The zero-order valence-corrected chi connectivity index (χ0v) is 12.0. The Kier molecular flexibility index (Phi) is 3.69. The molecule has 2 aromatic carbocycles. The predicted octanol–water partition coefficient (Wildman–Crippen LogP) is 3.39. The van der Waals surface area contributed by atoms with Gasteiger partial charge >= 0.3 is 0 Å². The van der Waals surface area contributed by atoms with E-state index in [0.29, 0.717) is 11.7 Å². The zero-order chi connectivity index (χ0) is 14.8. The second kappa shape index (κ2) is 5.64. The minimum atomic E-state index is -0.436. The van der Waals surface area contributed by atoms with Gasteiger partial charge in [-0.1, -0.05) is 24.3 Å². The molecule has 3 rings (SSSR count). The molecule has 0 saturated carbocycles. The molecule has 4 heteroatoms. The summed E-state index contributed by atoms with van der Waals surface area (Å²) in [4.78, 5) is 0. The van der Waals surface area contributed by atoms with Crippen LogP contribution >= 0.6 is 0 Å². The molecule has 1 aliphatic carbocycles. The van der Waals surface area contributed by atoms with Crippen LogP contribution in [0.3, 0.4) is 0 Å². The van der Waals surface area contributed by atoms with Gasteiger partial charge in [-0.25, -0.2) is 4.39 Å². The van der Waals surface area contributed by atoms with Crippen molar-refractivity contribution in [3.8, 4) is 5.75 Å². The topological polar surface area (TPSA) is 47.3 Å². The van der Waals surface area contributed by atoms with E-state index in [2.05, 4.69) is 29.6 Å². The van der Waals surface area contributed by atoms with E-state index in [0.717, 1.165) is 24.9 Å². The number of anilines is 2. The minimum Gasteiger partial charge on any atom is -0.494 e. The van der Waals surface area contributed by atoms with Crippen LogP contribution in [0.4, 0.5) is 15.8 Å². The second-order valence-corrected chi connectivity index (χ2v) is 5.43. The van der Waals surface area contributed by atoms with Crippen LogP contribution in [0.5, 0.6) is 5.75 Å². The number of fused-ring (bicyclic) bond motifs is 1. The number of ether oxygens (including phenoxy) is 1. The summed E-state index contributed by atoms with van der Waals surface area (Å²) < 4.78 is 18.6. The number of nitrogens with two attached hydrogens (primary N) is 1. The van der Waals surface area contributed by atoms with Crippen LogP contribution in [0.15, 0.2) is 36.4 Å². The molecule has 0 heterocycles. The predicted molar refractivity (Wildman–Crippen MR) is 83.2 cm³/mol. The van der Waals surface area contributed by atoms with Crippen LogP contribution < -0.4 is 15.8 Å². The van der Waals surface area contributed by atoms with Crippen molar-refractivity contribution in [3.05, 3.63) is 53.3 Å². The van der Waals surface area contributed by atoms with Gasteiger partial charge in [0, 0.05) is 18.2 Å². The van der Waals surface area contributed by atoms with Crippen molar-refractivity contribution in [1.29, 1.82) is 0 Å². The Labute approximate surface area is 123 Å². The number of methoxy groups -OCH3 is 1. The molecule has 2 aromatic rings. The Bertz CT molecular complexity index is 657. The van der Waals surface area contributed by atoms with Crippen LogP contribution in [0.2, 0.25) is 0 Å². The summed E-state index contributed by atoms with van der Waals surface area (Å²) in [6.45, 7) is 0. The van der Waals surface area contributed by atoms with Crippen LogP contribution in [-0.2, 0) is 12.8 Å². The lowest BCUT2D eigenvalue weighted by Gasteiger charge is -2.27. The molecular weight excluding hydrogens is 267 g/mol. The van der Waals surface area contributed by atoms with Crippen molar-refractivity contribution in [2.45, 2.75) is 25.3 Å². The van der Waals surface area contributed by atoms with Gasteiger partial charge in [0.15, 0.2) is 11.6 Å². The van der Waals surface area contributed by atoms with Crippen molar-refractivity contribution >= 4 is 11.4 Å². The van der Waals surface area contributed by atoms with Crippen molar-refractivity contribution in [1.82, 2.24) is 0 Å². The van der Waals surface area contributed by atoms with E-state index in [1.165, 1.54) is 24.3 Å². The lowest BCUT2D eigenvalue weighted by molar-refractivity contribution is 0.387. The molecule has 3 N–H and O–H groups in total. The van der Waals surface area contributed by atoms with Gasteiger partial charge in [0.05, 0.1) is 18.5 Å². The van der Waals surface area contributed by atoms with Crippen molar-refractivity contribution in [3.63, 3.8) is 0 Å². The van der Waals surface area contributed by atoms with Gasteiger partial charge in [0.2, 0.25) is 0 Å². The van der Waals surface area contributed by atoms with Crippen LogP contribution in [0, 0.1) is 5.82 Å². The molecule has 0 spiro atoms. The molecule has 110 valence electrons. The summed E-state index contributed by atoms with van der Waals surface area (Å²) in [5.74, 6) is -0.225. The number of halogens is 1. The smallest absolute Gasteiger partial charge is 0.167 e. The average Bonchev–Trinajstić information content (AvgIpc) is 2.50. The Morgan fingerprint density at radius 1 is 1.24 bits per heavy atom. The van der Waals surface area contributed by atoms with E-state index in [1.54, 1.807) is 6.07 Å². The first-order chi connectivity index (χ1) is 10.2. The van der Waals surface area contributed by atoms with Crippen LogP contribution in [0.1, 0.15) is 17.5 Å². The molecule has 0 aliphatic heterocycles. The van der Waals surface area contributed by atoms with E-state index in [-0.39, 0.29) is 5.75 Å². The van der Waals surface area contributed by atoms with Crippen molar-refractivity contribution in [2.24, 2.45) is 0 Å². The van der Waals surface area contributed by atoms with Gasteiger partial charge < -0.3 is 15.8 Å². The molecule has 1 atom stereocenters. The van der Waals surface area contributed by atoms with Gasteiger partial charge in [-0.05, 0) is 30.4 Å². The highest BCUT2D eigenvalue weighted by Gasteiger charge is 2.19. The van der Waals surface area contributed by atoms with Crippen molar-refractivity contribution < 1.29 is 9.13 Å². The lowest BCUT2D eigenvalue weighted by Crippen LogP contribution is -2.27. The highest BCUT2D eigenvalue weighted by atomic mass is 19.1. The third-order valence-corrected chi connectivity index (χ3v) is 4.03. The molecule has 21 heavy (non-hydrogen) atoms. The quantitative estimate of drug-likeness (QED) is 0.850. The zero-order valence-electron chi connectivity index (χ0n) is 12.0. The largest absolute Gasteiger partial charge is 0.494 e. The summed E-state index contributed by atoms with van der Waals surface area (Å²) in [5, 5.41) is 3.42. The average molecular weight is 286 g/mol. The molecule has 0 amide bonds. The van der Waals surface area contributed by atoms with Crippen LogP contribution in [-0.4, -0.2) is 13.2 Å². The number of hydrogen-bond donors (Lipinski definition) is 2. The summed E-state index contributed by atoms with van der Waals surface area (Å²) in [5.41, 5.74) is 9.83.